The molecule has 0 N–H and O–H groups in total. The van der Waals surface area contributed by atoms with Gasteiger partial charge in [-0.2, -0.15) is 0 Å². The van der Waals surface area contributed by atoms with E-state index in [2.05, 4.69) is 31.0 Å². The molecule has 1 heterocycles. The Morgan fingerprint density at radius 2 is 2.15 bits per heavy atom. The summed E-state index contributed by atoms with van der Waals surface area (Å²) in [4.78, 5) is 4.35. The second kappa shape index (κ2) is 4.97. The van der Waals surface area contributed by atoms with Crippen LogP contribution >= 0.6 is 0 Å². The standard InChI is InChI=1S/C11H17NO/c1-4-13-8-10-5-6-11(9(2)3)12-7-10/h5-7,9H,4,8H2,1-3H3. The molecule has 1 aromatic rings. The van der Waals surface area contributed by atoms with Gasteiger partial charge in [0, 0.05) is 18.5 Å². The molecule has 0 saturated carbocycles. The molecule has 1 aromatic heterocycles. The van der Waals surface area contributed by atoms with Crippen LogP contribution in [0.1, 0.15) is 37.9 Å². The predicted octanol–water partition coefficient (Wildman–Crippen LogP) is 2.74. The summed E-state index contributed by atoms with van der Waals surface area (Å²) in [6, 6.07) is 4.15. The Bertz CT molecular complexity index is 241. The lowest BCUT2D eigenvalue weighted by Gasteiger charge is -2.05. The highest BCUT2D eigenvalue weighted by Gasteiger charge is 1.99. The number of nitrogens with zero attached hydrogens (tertiary/aromatic N) is 1. The van der Waals surface area contributed by atoms with Gasteiger partial charge in [-0.15, -0.1) is 0 Å². The summed E-state index contributed by atoms with van der Waals surface area (Å²) >= 11 is 0. The van der Waals surface area contributed by atoms with Gasteiger partial charge in [0.25, 0.3) is 0 Å². The van der Waals surface area contributed by atoms with E-state index in [1.165, 1.54) is 0 Å². The van der Waals surface area contributed by atoms with E-state index >= 15 is 0 Å². The molecule has 0 radical (unpaired) electrons. The van der Waals surface area contributed by atoms with E-state index in [1.54, 1.807) is 0 Å². The van der Waals surface area contributed by atoms with Crippen LogP contribution in [0.15, 0.2) is 18.3 Å². The molecule has 2 heteroatoms. The SMILES string of the molecule is CCOCc1ccc(C(C)C)nc1. The Labute approximate surface area is 80.0 Å². The van der Waals surface area contributed by atoms with Gasteiger partial charge >= 0.3 is 0 Å². The molecule has 1 rings (SSSR count). The Hall–Kier alpha value is -0.890. The molecular formula is C11H17NO. The summed E-state index contributed by atoms with van der Waals surface area (Å²) < 4.78 is 5.28. The molecular weight excluding hydrogens is 162 g/mol. The van der Waals surface area contributed by atoms with Gasteiger partial charge < -0.3 is 4.74 Å². The number of hydrogen-bond donors (Lipinski definition) is 0. The van der Waals surface area contributed by atoms with Crippen molar-refractivity contribution in [3.8, 4) is 0 Å². The highest BCUT2D eigenvalue weighted by Crippen LogP contribution is 2.11. The fourth-order valence-corrected chi connectivity index (χ4v) is 1.08. The van der Waals surface area contributed by atoms with Gasteiger partial charge in [0.1, 0.15) is 0 Å². The van der Waals surface area contributed by atoms with Crippen molar-refractivity contribution in [2.75, 3.05) is 6.61 Å². The van der Waals surface area contributed by atoms with E-state index in [-0.39, 0.29) is 0 Å². The lowest BCUT2D eigenvalue weighted by atomic mass is 10.1. The van der Waals surface area contributed by atoms with Crippen molar-refractivity contribution in [3.63, 3.8) is 0 Å². The first-order valence-electron chi connectivity index (χ1n) is 4.76. The van der Waals surface area contributed by atoms with E-state index in [4.69, 9.17) is 4.74 Å². The molecule has 72 valence electrons. The molecule has 0 aliphatic rings. The third kappa shape index (κ3) is 3.15. The van der Waals surface area contributed by atoms with Crippen LogP contribution in [-0.4, -0.2) is 11.6 Å². The third-order valence-electron chi connectivity index (χ3n) is 1.91. The van der Waals surface area contributed by atoms with Crippen molar-refractivity contribution >= 4 is 0 Å². The van der Waals surface area contributed by atoms with Crippen molar-refractivity contribution in [1.29, 1.82) is 0 Å². The van der Waals surface area contributed by atoms with Crippen LogP contribution in [0.4, 0.5) is 0 Å². The highest BCUT2D eigenvalue weighted by molar-refractivity contribution is 5.15. The number of rotatable bonds is 4. The first-order valence-corrected chi connectivity index (χ1v) is 4.76. The van der Waals surface area contributed by atoms with E-state index in [9.17, 15) is 0 Å². The second-order valence-corrected chi connectivity index (χ2v) is 3.38. The molecule has 0 amide bonds. The van der Waals surface area contributed by atoms with Crippen LogP contribution in [0.2, 0.25) is 0 Å². The molecule has 0 aliphatic heterocycles. The van der Waals surface area contributed by atoms with Crippen molar-refractivity contribution in [2.24, 2.45) is 0 Å². The van der Waals surface area contributed by atoms with E-state index in [0.29, 0.717) is 12.5 Å². The zero-order valence-corrected chi connectivity index (χ0v) is 8.58. The second-order valence-electron chi connectivity index (χ2n) is 3.38. The minimum atomic E-state index is 0.501. The maximum Gasteiger partial charge on any atom is 0.0731 e. The first kappa shape index (κ1) is 10.2. The largest absolute Gasteiger partial charge is 0.377 e. The fraction of sp³-hybridized carbons (Fsp3) is 0.545. The molecule has 0 aliphatic carbocycles. The summed E-state index contributed by atoms with van der Waals surface area (Å²) in [6.45, 7) is 7.71. The van der Waals surface area contributed by atoms with Crippen LogP contribution in [-0.2, 0) is 11.3 Å². The van der Waals surface area contributed by atoms with E-state index in [1.807, 2.05) is 13.1 Å². The third-order valence-corrected chi connectivity index (χ3v) is 1.91. The topological polar surface area (TPSA) is 22.1 Å². The van der Waals surface area contributed by atoms with Crippen LogP contribution in [0, 0.1) is 0 Å². The molecule has 13 heavy (non-hydrogen) atoms. The summed E-state index contributed by atoms with van der Waals surface area (Å²) in [7, 11) is 0. The maximum absolute atomic E-state index is 5.28. The molecule has 0 bridgehead atoms. The summed E-state index contributed by atoms with van der Waals surface area (Å²) in [5, 5.41) is 0. The van der Waals surface area contributed by atoms with Crippen LogP contribution in [0.5, 0.6) is 0 Å². The van der Waals surface area contributed by atoms with E-state index in [0.717, 1.165) is 17.9 Å². The Kier molecular flexibility index (Phi) is 3.90. The minimum absolute atomic E-state index is 0.501. The lowest BCUT2D eigenvalue weighted by molar-refractivity contribution is 0.134. The van der Waals surface area contributed by atoms with Gasteiger partial charge in [-0.1, -0.05) is 19.9 Å². The summed E-state index contributed by atoms with van der Waals surface area (Å²) in [6.07, 6.45) is 1.89. The Balaban J connectivity index is 2.59. The van der Waals surface area contributed by atoms with Crippen molar-refractivity contribution in [3.05, 3.63) is 29.6 Å². The fourth-order valence-electron chi connectivity index (χ4n) is 1.08. The van der Waals surface area contributed by atoms with Crippen LogP contribution in [0.3, 0.4) is 0 Å². The van der Waals surface area contributed by atoms with Crippen LogP contribution in [0.25, 0.3) is 0 Å². The van der Waals surface area contributed by atoms with Gasteiger partial charge in [0.2, 0.25) is 0 Å². The first-order chi connectivity index (χ1) is 6.24. The van der Waals surface area contributed by atoms with Gasteiger partial charge in [-0.05, 0) is 24.5 Å². The molecule has 0 spiro atoms. The molecule has 0 unspecified atom stereocenters. The average molecular weight is 179 g/mol. The zero-order chi connectivity index (χ0) is 9.68. The maximum atomic E-state index is 5.28. The number of ether oxygens (including phenoxy) is 1. The Morgan fingerprint density at radius 1 is 1.38 bits per heavy atom. The summed E-state index contributed by atoms with van der Waals surface area (Å²) in [5.41, 5.74) is 2.28. The van der Waals surface area contributed by atoms with E-state index < -0.39 is 0 Å². The molecule has 0 fully saturated rings. The molecule has 2 nitrogen and oxygen atoms in total. The minimum Gasteiger partial charge on any atom is -0.377 e. The van der Waals surface area contributed by atoms with Crippen molar-refractivity contribution < 1.29 is 4.74 Å². The highest BCUT2D eigenvalue weighted by atomic mass is 16.5. The molecule has 0 aromatic carbocycles. The quantitative estimate of drug-likeness (QED) is 0.709. The zero-order valence-electron chi connectivity index (χ0n) is 8.58. The smallest absolute Gasteiger partial charge is 0.0731 e. The number of aromatic nitrogens is 1. The molecule has 0 atom stereocenters. The normalized spacial score (nSPS) is 10.8. The Morgan fingerprint density at radius 3 is 2.62 bits per heavy atom. The predicted molar refractivity (Wildman–Crippen MR) is 53.7 cm³/mol. The monoisotopic (exact) mass is 179 g/mol. The van der Waals surface area contributed by atoms with Gasteiger partial charge in [0.15, 0.2) is 0 Å². The van der Waals surface area contributed by atoms with Crippen LogP contribution < -0.4 is 0 Å². The number of hydrogen-bond acceptors (Lipinski definition) is 2. The number of pyridine rings is 1. The van der Waals surface area contributed by atoms with Crippen molar-refractivity contribution in [1.82, 2.24) is 4.98 Å². The van der Waals surface area contributed by atoms with Gasteiger partial charge in [-0.25, -0.2) is 0 Å². The lowest BCUT2D eigenvalue weighted by Crippen LogP contribution is -1.96. The van der Waals surface area contributed by atoms with Gasteiger partial charge in [0.05, 0.1) is 6.61 Å². The molecule has 0 saturated heterocycles. The summed E-state index contributed by atoms with van der Waals surface area (Å²) in [5.74, 6) is 0.501. The van der Waals surface area contributed by atoms with Gasteiger partial charge in [-0.3, -0.25) is 4.98 Å². The average Bonchev–Trinajstić information content (AvgIpc) is 2.15. The van der Waals surface area contributed by atoms with Crippen molar-refractivity contribution in [2.45, 2.75) is 33.3 Å².